The summed E-state index contributed by atoms with van der Waals surface area (Å²) in [6.45, 7) is 1.84. The molecule has 0 fully saturated rings. The summed E-state index contributed by atoms with van der Waals surface area (Å²) < 4.78 is 10.4. The zero-order chi connectivity index (χ0) is 17.8. The number of ether oxygens (including phenoxy) is 2. The molecule has 130 valence electrons. The Bertz CT molecular complexity index is 861. The van der Waals surface area contributed by atoms with Crippen molar-refractivity contribution in [1.29, 1.82) is 0 Å². The van der Waals surface area contributed by atoms with Gasteiger partial charge in [0.15, 0.2) is 16.7 Å². The molecular weight excluding hydrogens is 338 g/mol. The number of aromatic nitrogens is 2. The molecule has 0 aliphatic rings. The number of amides is 1. The highest BCUT2D eigenvalue weighted by atomic mass is 32.2. The first-order valence-corrected chi connectivity index (χ1v) is 8.63. The monoisotopic (exact) mass is 357 g/mol. The third-order valence-corrected chi connectivity index (χ3v) is 4.66. The Morgan fingerprint density at radius 2 is 1.92 bits per heavy atom. The van der Waals surface area contributed by atoms with E-state index in [2.05, 4.69) is 15.3 Å². The number of anilines is 1. The van der Waals surface area contributed by atoms with Gasteiger partial charge in [-0.3, -0.25) is 4.79 Å². The molecule has 3 rings (SSSR count). The number of methoxy groups -OCH3 is 2. The molecule has 1 aromatic heterocycles. The SMILES string of the molecule is COc1ccc(NC(=O)C(C)Sc2nc3ccccc3[nH]2)cc1OC. The van der Waals surface area contributed by atoms with Crippen molar-refractivity contribution in [3.63, 3.8) is 0 Å². The summed E-state index contributed by atoms with van der Waals surface area (Å²) in [6, 6.07) is 13.0. The average Bonchev–Trinajstić information content (AvgIpc) is 3.03. The zero-order valence-corrected chi connectivity index (χ0v) is 15.0. The van der Waals surface area contributed by atoms with Crippen LogP contribution in [0.25, 0.3) is 11.0 Å². The lowest BCUT2D eigenvalue weighted by molar-refractivity contribution is -0.115. The standard InChI is InChI=1S/C18H19N3O3S/c1-11(25-18-20-13-6-4-5-7-14(13)21-18)17(22)19-12-8-9-15(23-2)16(10-12)24-3/h4-11H,1-3H3,(H,19,22)(H,20,21). The first-order chi connectivity index (χ1) is 12.1. The van der Waals surface area contributed by atoms with Crippen molar-refractivity contribution in [3.8, 4) is 11.5 Å². The Kier molecular flexibility index (Phi) is 5.14. The molecule has 2 aromatic carbocycles. The van der Waals surface area contributed by atoms with Crippen LogP contribution in [0.5, 0.6) is 11.5 Å². The van der Waals surface area contributed by atoms with Gasteiger partial charge in [0.25, 0.3) is 0 Å². The van der Waals surface area contributed by atoms with E-state index < -0.39 is 0 Å². The number of carbonyl (C=O) groups excluding carboxylic acids is 1. The summed E-state index contributed by atoms with van der Waals surface area (Å²) in [4.78, 5) is 20.1. The van der Waals surface area contributed by atoms with Gasteiger partial charge >= 0.3 is 0 Å². The molecule has 0 aliphatic carbocycles. The molecule has 25 heavy (non-hydrogen) atoms. The maximum Gasteiger partial charge on any atom is 0.237 e. The second kappa shape index (κ2) is 7.48. The number of aromatic amines is 1. The molecule has 7 heteroatoms. The molecule has 3 aromatic rings. The smallest absolute Gasteiger partial charge is 0.237 e. The molecule has 0 saturated heterocycles. The van der Waals surface area contributed by atoms with Crippen molar-refractivity contribution in [1.82, 2.24) is 9.97 Å². The maximum absolute atomic E-state index is 12.4. The van der Waals surface area contributed by atoms with E-state index in [4.69, 9.17) is 9.47 Å². The van der Waals surface area contributed by atoms with E-state index in [0.29, 0.717) is 17.2 Å². The molecule has 2 N–H and O–H groups in total. The lowest BCUT2D eigenvalue weighted by atomic mass is 10.2. The highest BCUT2D eigenvalue weighted by molar-refractivity contribution is 8.00. The van der Waals surface area contributed by atoms with Crippen LogP contribution in [0.3, 0.4) is 0 Å². The fourth-order valence-corrected chi connectivity index (χ4v) is 3.18. The Labute approximate surface area is 149 Å². The van der Waals surface area contributed by atoms with Gasteiger partial charge in [-0.25, -0.2) is 4.98 Å². The number of nitrogens with zero attached hydrogens (tertiary/aromatic N) is 1. The van der Waals surface area contributed by atoms with E-state index in [9.17, 15) is 4.79 Å². The van der Waals surface area contributed by atoms with Crippen LogP contribution in [0.15, 0.2) is 47.6 Å². The minimum Gasteiger partial charge on any atom is -0.493 e. The molecule has 0 bridgehead atoms. The van der Waals surface area contributed by atoms with Crippen molar-refractivity contribution < 1.29 is 14.3 Å². The van der Waals surface area contributed by atoms with Gasteiger partial charge in [0.05, 0.1) is 30.5 Å². The van der Waals surface area contributed by atoms with Gasteiger partial charge in [-0.05, 0) is 31.2 Å². The molecular formula is C18H19N3O3S. The van der Waals surface area contributed by atoms with Gasteiger partial charge in [-0.15, -0.1) is 0 Å². The average molecular weight is 357 g/mol. The van der Waals surface area contributed by atoms with E-state index in [1.807, 2.05) is 31.2 Å². The van der Waals surface area contributed by atoms with Gasteiger partial charge in [-0.2, -0.15) is 0 Å². The van der Waals surface area contributed by atoms with Gasteiger partial charge in [0.2, 0.25) is 5.91 Å². The third-order valence-electron chi connectivity index (χ3n) is 3.68. The molecule has 0 saturated carbocycles. The summed E-state index contributed by atoms with van der Waals surface area (Å²) in [5, 5.41) is 3.29. The predicted octanol–water partition coefficient (Wildman–Crippen LogP) is 3.70. The number of fused-ring (bicyclic) bond motifs is 1. The van der Waals surface area contributed by atoms with Crippen LogP contribution in [0.2, 0.25) is 0 Å². The van der Waals surface area contributed by atoms with Crippen LogP contribution in [0, 0.1) is 0 Å². The summed E-state index contributed by atoms with van der Waals surface area (Å²) in [5.74, 6) is 1.07. The quantitative estimate of drug-likeness (QED) is 0.658. The molecule has 1 unspecified atom stereocenters. The number of hydrogen-bond donors (Lipinski definition) is 2. The number of carbonyl (C=O) groups is 1. The van der Waals surface area contributed by atoms with Crippen molar-refractivity contribution in [2.45, 2.75) is 17.3 Å². The number of thioether (sulfide) groups is 1. The number of H-pyrrole nitrogens is 1. The number of nitrogens with one attached hydrogen (secondary N) is 2. The van der Waals surface area contributed by atoms with E-state index in [-0.39, 0.29) is 11.2 Å². The maximum atomic E-state index is 12.4. The Hall–Kier alpha value is -2.67. The fourth-order valence-electron chi connectivity index (χ4n) is 2.36. The minimum absolute atomic E-state index is 0.113. The van der Waals surface area contributed by atoms with Crippen molar-refractivity contribution >= 4 is 34.4 Å². The first kappa shape index (κ1) is 17.2. The third kappa shape index (κ3) is 3.88. The molecule has 0 radical (unpaired) electrons. The number of para-hydroxylation sites is 2. The lowest BCUT2D eigenvalue weighted by Crippen LogP contribution is -2.22. The summed E-state index contributed by atoms with van der Waals surface area (Å²) in [5.41, 5.74) is 2.50. The zero-order valence-electron chi connectivity index (χ0n) is 14.2. The highest BCUT2D eigenvalue weighted by Crippen LogP contribution is 2.30. The largest absolute Gasteiger partial charge is 0.493 e. The van der Waals surface area contributed by atoms with Crippen molar-refractivity contribution in [3.05, 3.63) is 42.5 Å². The molecule has 0 aliphatic heterocycles. The number of hydrogen-bond acceptors (Lipinski definition) is 5. The van der Waals surface area contributed by atoms with Crippen molar-refractivity contribution in [2.24, 2.45) is 0 Å². The first-order valence-electron chi connectivity index (χ1n) is 7.75. The summed E-state index contributed by atoms with van der Waals surface area (Å²) in [7, 11) is 3.13. The number of benzene rings is 2. The number of rotatable bonds is 6. The van der Waals surface area contributed by atoms with Gasteiger partial charge in [0.1, 0.15) is 0 Å². The van der Waals surface area contributed by atoms with Crippen LogP contribution in [-0.4, -0.2) is 35.3 Å². The minimum atomic E-state index is -0.311. The van der Waals surface area contributed by atoms with Crippen LogP contribution in [-0.2, 0) is 4.79 Å². The van der Waals surface area contributed by atoms with Crippen LogP contribution in [0.1, 0.15) is 6.92 Å². The normalized spacial score (nSPS) is 12.0. The van der Waals surface area contributed by atoms with E-state index in [1.165, 1.54) is 11.8 Å². The van der Waals surface area contributed by atoms with Crippen molar-refractivity contribution in [2.75, 3.05) is 19.5 Å². The second-order valence-electron chi connectivity index (χ2n) is 5.38. The van der Waals surface area contributed by atoms with E-state index >= 15 is 0 Å². The van der Waals surface area contributed by atoms with Gasteiger partial charge in [0, 0.05) is 11.8 Å². The second-order valence-corrected chi connectivity index (χ2v) is 6.71. The summed E-state index contributed by atoms with van der Waals surface area (Å²) >= 11 is 1.38. The number of imidazole rings is 1. The van der Waals surface area contributed by atoms with Crippen LogP contribution in [0.4, 0.5) is 5.69 Å². The Balaban J connectivity index is 1.68. The molecule has 0 spiro atoms. The highest BCUT2D eigenvalue weighted by Gasteiger charge is 2.17. The Morgan fingerprint density at radius 1 is 1.16 bits per heavy atom. The van der Waals surface area contributed by atoms with Gasteiger partial charge < -0.3 is 19.8 Å². The van der Waals surface area contributed by atoms with Gasteiger partial charge in [-0.1, -0.05) is 23.9 Å². The predicted molar refractivity (Wildman–Crippen MR) is 99.6 cm³/mol. The molecule has 1 atom stereocenters. The van der Waals surface area contributed by atoms with E-state index in [0.717, 1.165) is 16.2 Å². The molecule has 6 nitrogen and oxygen atoms in total. The Morgan fingerprint density at radius 3 is 2.64 bits per heavy atom. The fraction of sp³-hybridized carbons (Fsp3) is 0.222. The summed E-state index contributed by atoms with van der Waals surface area (Å²) in [6.07, 6.45) is 0. The van der Waals surface area contributed by atoms with Crippen LogP contribution >= 0.6 is 11.8 Å². The molecule has 1 heterocycles. The topological polar surface area (TPSA) is 76.2 Å². The molecule has 1 amide bonds. The lowest BCUT2D eigenvalue weighted by Gasteiger charge is -2.13. The van der Waals surface area contributed by atoms with Crippen LogP contribution < -0.4 is 14.8 Å². The van der Waals surface area contributed by atoms with E-state index in [1.54, 1.807) is 32.4 Å².